The van der Waals surface area contributed by atoms with Crippen molar-refractivity contribution in [2.45, 2.75) is 0 Å². The van der Waals surface area contributed by atoms with E-state index in [1.165, 1.54) is 0 Å². The topological polar surface area (TPSA) is 39.0 Å². The summed E-state index contributed by atoms with van der Waals surface area (Å²) in [5.41, 5.74) is 2.08. The summed E-state index contributed by atoms with van der Waals surface area (Å²) in [6.07, 6.45) is 3.56. The highest BCUT2D eigenvalue weighted by atomic mass is 15.0. The van der Waals surface area contributed by atoms with E-state index in [1.54, 1.807) is 12.4 Å². The lowest BCUT2D eigenvalue weighted by atomic mass is 10.3. The second-order valence-corrected chi connectivity index (χ2v) is 2.20. The number of anilines is 1. The average Bonchev–Trinajstić information content (AvgIpc) is 2.05. The number of nitrogens with one attached hydrogen (secondary N) is 1. The maximum atomic E-state index is 4.29. The van der Waals surface area contributed by atoms with Crippen molar-refractivity contribution in [1.29, 1.82) is 0 Å². The van der Waals surface area contributed by atoms with E-state index < -0.39 is 0 Å². The first-order chi connectivity index (χ1) is 4.97. The van der Waals surface area contributed by atoms with Crippen molar-refractivity contribution in [2.24, 2.45) is 0 Å². The molecule has 0 saturated heterocycles. The van der Waals surface area contributed by atoms with E-state index in [4.69, 9.17) is 0 Å². The van der Waals surface area contributed by atoms with Gasteiger partial charge in [0, 0.05) is 12.7 Å². The third-order valence-corrected chi connectivity index (χ3v) is 1.51. The van der Waals surface area contributed by atoms with Crippen LogP contribution in [0.15, 0.2) is 18.5 Å². The third kappa shape index (κ3) is 0.795. The first-order valence-electron chi connectivity index (χ1n) is 3.32. The van der Waals surface area contributed by atoms with Gasteiger partial charge >= 0.3 is 0 Å². The molecule has 1 N–H and O–H groups in total. The molecule has 3 heteroatoms. The van der Waals surface area contributed by atoms with Gasteiger partial charge in [0.15, 0.2) is 0 Å². The summed E-state index contributed by atoms with van der Waals surface area (Å²) in [4.78, 5) is 3.98. The molecule has 0 bridgehead atoms. The lowest BCUT2D eigenvalue weighted by Gasteiger charge is -2.15. The molecule has 0 aromatic carbocycles. The van der Waals surface area contributed by atoms with Gasteiger partial charge in [-0.2, -0.15) is 0 Å². The molecule has 2 rings (SSSR count). The van der Waals surface area contributed by atoms with Gasteiger partial charge in [-0.15, -0.1) is 0 Å². The van der Waals surface area contributed by atoms with Gasteiger partial charge < -0.3 is 5.32 Å². The predicted octanol–water partition coefficient (Wildman–Crippen LogP) is 0.743. The van der Waals surface area contributed by atoms with Crippen LogP contribution in [0.1, 0.15) is 0 Å². The first-order valence-corrected chi connectivity index (χ1v) is 3.32. The molecule has 0 unspecified atom stereocenters. The molecule has 0 spiro atoms. The molecule has 0 atom stereocenters. The summed E-state index contributed by atoms with van der Waals surface area (Å²) in [6, 6.07) is 1.92. The quantitative estimate of drug-likeness (QED) is 0.568. The molecule has 1 aromatic heterocycles. The van der Waals surface area contributed by atoms with E-state index in [0.717, 1.165) is 24.5 Å². The average molecular weight is 134 g/mol. The molecule has 1 aromatic rings. The van der Waals surface area contributed by atoms with Crippen molar-refractivity contribution in [2.75, 3.05) is 18.4 Å². The highest BCUT2D eigenvalue weighted by Crippen LogP contribution is 2.21. The van der Waals surface area contributed by atoms with Crippen LogP contribution in [-0.4, -0.2) is 18.1 Å². The van der Waals surface area contributed by atoms with E-state index in [9.17, 15) is 0 Å². The standard InChI is InChI=1S/C7H8N3/c1-2-8-5-7-6(1)9-3-4-10-7/h1-2,5,10H,3-4H2. The highest BCUT2D eigenvalue weighted by Gasteiger charge is 2.06. The third-order valence-electron chi connectivity index (χ3n) is 1.51. The number of hydrogen-bond acceptors (Lipinski definition) is 2. The smallest absolute Gasteiger partial charge is 0.0837 e. The summed E-state index contributed by atoms with van der Waals surface area (Å²) in [6.45, 7) is 1.80. The second-order valence-electron chi connectivity index (χ2n) is 2.20. The number of nitrogens with zero attached hydrogens (tertiary/aromatic N) is 2. The molecule has 3 nitrogen and oxygen atoms in total. The molecule has 0 aliphatic carbocycles. The Morgan fingerprint density at radius 1 is 1.50 bits per heavy atom. The van der Waals surface area contributed by atoms with E-state index in [0.29, 0.717) is 0 Å². The SMILES string of the molecule is c1cc2c(cn1)NCC[N]2. The molecule has 1 radical (unpaired) electrons. The maximum absolute atomic E-state index is 4.29. The van der Waals surface area contributed by atoms with Crippen LogP contribution >= 0.6 is 0 Å². The van der Waals surface area contributed by atoms with Crippen LogP contribution in [0.2, 0.25) is 0 Å². The lowest BCUT2D eigenvalue weighted by Crippen LogP contribution is -2.19. The number of rotatable bonds is 0. The van der Waals surface area contributed by atoms with Gasteiger partial charge in [-0.3, -0.25) is 10.3 Å². The molecule has 2 heterocycles. The van der Waals surface area contributed by atoms with Crippen LogP contribution in [0.25, 0.3) is 0 Å². The minimum absolute atomic E-state index is 0.872. The Morgan fingerprint density at radius 2 is 2.50 bits per heavy atom. The zero-order valence-electron chi connectivity index (χ0n) is 5.54. The Balaban J connectivity index is 2.41. The number of hydrogen-bond donors (Lipinski definition) is 1. The molecule has 51 valence electrons. The molecule has 10 heavy (non-hydrogen) atoms. The second kappa shape index (κ2) is 2.17. The minimum Gasteiger partial charge on any atom is -0.380 e. The summed E-state index contributed by atoms with van der Waals surface area (Å²) in [5, 5.41) is 7.50. The van der Waals surface area contributed by atoms with Gasteiger partial charge in [0.25, 0.3) is 0 Å². The molecule has 1 aliphatic heterocycles. The largest absolute Gasteiger partial charge is 0.380 e. The van der Waals surface area contributed by atoms with Crippen molar-refractivity contribution in [3.8, 4) is 0 Å². The monoisotopic (exact) mass is 134 g/mol. The fourth-order valence-electron chi connectivity index (χ4n) is 1.03. The van der Waals surface area contributed by atoms with E-state index in [-0.39, 0.29) is 0 Å². The minimum atomic E-state index is 0.872. The van der Waals surface area contributed by atoms with Crippen LogP contribution in [0.5, 0.6) is 0 Å². The van der Waals surface area contributed by atoms with Crippen molar-refractivity contribution in [3.63, 3.8) is 0 Å². The number of fused-ring (bicyclic) bond motifs is 1. The fraction of sp³-hybridized carbons (Fsp3) is 0.286. The van der Waals surface area contributed by atoms with E-state index in [1.807, 2.05) is 6.07 Å². The molecule has 0 amide bonds. The Kier molecular flexibility index (Phi) is 1.20. The zero-order valence-corrected chi connectivity index (χ0v) is 5.54. The van der Waals surface area contributed by atoms with Crippen LogP contribution in [0.3, 0.4) is 0 Å². The van der Waals surface area contributed by atoms with E-state index in [2.05, 4.69) is 15.6 Å². The van der Waals surface area contributed by atoms with Crippen LogP contribution in [-0.2, 0) is 0 Å². The molecular weight excluding hydrogens is 126 g/mol. The van der Waals surface area contributed by atoms with Gasteiger partial charge in [-0.1, -0.05) is 0 Å². The highest BCUT2D eigenvalue weighted by molar-refractivity contribution is 5.64. The molecular formula is C7H8N3. The van der Waals surface area contributed by atoms with Gasteiger partial charge in [0.1, 0.15) is 0 Å². The Labute approximate surface area is 59.5 Å². The van der Waals surface area contributed by atoms with Crippen molar-refractivity contribution >= 4 is 11.4 Å². The number of aromatic nitrogens is 1. The summed E-state index contributed by atoms with van der Waals surface area (Å²) >= 11 is 0. The summed E-state index contributed by atoms with van der Waals surface area (Å²) in [7, 11) is 0. The lowest BCUT2D eigenvalue weighted by molar-refractivity contribution is 0.833. The van der Waals surface area contributed by atoms with Gasteiger partial charge in [0.05, 0.1) is 24.1 Å². The Morgan fingerprint density at radius 3 is 3.40 bits per heavy atom. The van der Waals surface area contributed by atoms with Crippen molar-refractivity contribution in [3.05, 3.63) is 18.5 Å². The van der Waals surface area contributed by atoms with Crippen LogP contribution in [0.4, 0.5) is 11.4 Å². The maximum Gasteiger partial charge on any atom is 0.0837 e. The molecule has 1 aliphatic rings. The van der Waals surface area contributed by atoms with Gasteiger partial charge in [-0.25, -0.2) is 0 Å². The Hall–Kier alpha value is -1.25. The summed E-state index contributed by atoms with van der Waals surface area (Å²) in [5.74, 6) is 0. The van der Waals surface area contributed by atoms with Crippen LogP contribution < -0.4 is 10.6 Å². The van der Waals surface area contributed by atoms with Crippen molar-refractivity contribution < 1.29 is 0 Å². The zero-order chi connectivity index (χ0) is 6.81. The normalized spacial score (nSPS) is 14.8. The van der Waals surface area contributed by atoms with Gasteiger partial charge in [0.2, 0.25) is 0 Å². The predicted molar refractivity (Wildman–Crippen MR) is 39.4 cm³/mol. The molecule has 0 saturated carbocycles. The summed E-state index contributed by atoms with van der Waals surface area (Å²) < 4.78 is 0. The fourth-order valence-corrected chi connectivity index (χ4v) is 1.03. The number of pyridine rings is 1. The Bertz CT molecular complexity index is 209. The first kappa shape index (κ1) is 5.53. The molecule has 0 fully saturated rings. The van der Waals surface area contributed by atoms with Crippen LogP contribution in [0, 0.1) is 0 Å². The van der Waals surface area contributed by atoms with Crippen molar-refractivity contribution in [1.82, 2.24) is 10.3 Å². The van der Waals surface area contributed by atoms with Gasteiger partial charge in [-0.05, 0) is 6.07 Å². The van der Waals surface area contributed by atoms with E-state index >= 15 is 0 Å².